The van der Waals surface area contributed by atoms with Crippen molar-refractivity contribution < 1.29 is 14.4 Å². The first-order valence-electron chi connectivity index (χ1n) is 12.5. The van der Waals surface area contributed by atoms with Crippen molar-refractivity contribution >= 4 is 40.5 Å². The smallest absolute Gasteiger partial charge is 0.255 e. The molecule has 2 amide bonds. The van der Waals surface area contributed by atoms with Gasteiger partial charge in [0.05, 0.1) is 5.70 Å². The molecule has 3 aromatic rings. The predicted octanol–water partition coefficient (Wildman–Crippen LogP) is 5.71. The number of carbonyl (C=O) groups excluding carboxylic acids is 3. The summed E-state index contributed by atoms with van der Waals surface area (Å²) in [7, 11) is 0. The van der Waals surface area contributed by atoms with Crippen LogP contribution < -0.4 is 16.4 Å². The van der Waals surface area contributed by atoms with Crippen molar-refractivity contribution in [2.24, 2.45) is 16.6 Å². The van der Waals surface area contributed by atoms with Gasteiger partial charge in [-0.2, -0.15) is 0 Å². The van der Waals surface area contributed by atoms with E-state index < -0.39 is 11.8 Å². The molecule has 0 radical (unpaired) electrons. The molecule has 1 aliphatic heterocycles. The van der Waals surface area contributed by atoms with Gasteiger partial charge in [-0.25, -0.2) is 4.99 Å². The molecule has 0 saturated heterocycles. The standard InChI is InChI=1S/C31H32N4O3/c1-18-17-26(34-29(27(18)36)33-23-15-11-20(12-16-23)28(32)37)24-7-6-8-25(19(24)2)35-30(38)21-9-13-22(14-10-21)31(3,4)5/h6-18H,1-5H3,(H2,32,37)(H,33,34)(H,35,38). The fourth-order valence-electron chi connectivity index (χ4n) is 4.20. The van der Waals surface area contributed by atoms with Crippen molar-refractivity contribution in [1.29, 1.82) is 0 Å². The first kappa shape index (κ1) is 26.5. The van der Waals surface area contributed by atoms with Crippen LogP contribution in [0.5, 0.6) is 0 Å². The summed E-state index contributed by atoms with van der Waals surface area (Å²) in [4.78, 5) is 41.8. The minimum atomic E-state index is -0.522. The molecule has 0 bridgehead atoms. The number of amidine groups is 1. The van der Waals surface area contributed by atoms with Gasteiger partial charge in [0.2, 0.25) is 11.7 Å². The third-order valence-corrected chi connectivity index (χ3v) is 6.59. The molecule has 1 aliphatic rings. The van der Waals surface area contributed by atoms with Crippen LogP contribution in [0.4, 0.5) is 11.4 Å². The monoisotopic (exact) mass is 508 g/mol. The quantitative estimate of drug-likeness (QED) is 0.409. The largest absolute Gasteiger partial charge is 0.366 e. The topological polar surface area (TPSA) is 114 Å². The van der Waals surface area contributed by atoms with Crippen LogP contribution in [0.25, 0.3) is 5.70 Å². The van der Waals surface area contributed by atoms with Crippen molar-refractivity contribution in [2.75, 3.05) is 10.6 Å². The Hall–Kier alpha value is -4.52. The number of nitrogens with zero attached hydrogens (tertiary/aromatic N) is 1. The molecule has 4 rings (SSSR count). The molecule has 1 unspecified atom stereocenters. The van der Waals surface area contributed by atoms with Crippen LogP contribution >= 0.6 is 0 Å². The van der Waals surface area contributed by atoms with Gasteiger partial charge >= 0.3 is 0 Å². The average molecular weight is 509 g/mol. The number of ketones is 1. The van der Waals surface area contributed by atoms with E-state index in [-0.39, 0.29) is 22.9 Å². The molecule has 0 fully saturated rings. The van der Waals surface area contributed by atoms with E-state index in [9.17, 15) is 14.4 Å². The average Bonchev–Trinajstić information content (AvgIpc) is 2.87. The summed E-state index contributed by atoms with van der Waals surface area (Å²) in [5, 5.41) is 6.08. The molecular weight excluding hydrogens is 476 g/mol. The van der Waals surface area contributed by atoms with E-state index >= 15 is 0 Å². The number of aliphatic imine (C=N–C) groups is 1. The van der Waals surface area contributed by atoms with Crippen LogP contribution in [0.15, 0.2) is 77.8 Å². The zero-order valence-corrected chi connectivity index (χ0v) is 22.3. The van der Waals surface area contributed by atoms with E-state index in [0.717, 1.165) is 16.7 Å². The Kier molecular flexibility index (Phi) is 7.30. The van der Waals surface area contributed by atoms with Crippen molar-refractivity contribution in [3.8, 4) is 0 Å². The van der Waals surface area contributed by atoms with E-state index in [0.29, 0.717) is 28.2 Å². The number of amides is 2. The highest BCUT2D eigenvalue weighted by Gasteiger charge is 2.25. The molecule has 4 N–H and O–H groups in total. The molecule has 0 aromatic heterocycles. The highest BCUT2D eigenvalue weighted by Crippen LogP contribution is 2.30. The van der Waals surface area contributed by atoms with Gasteiger partial charge in [-0.15, -0.1) is 0 Å². The maximum Gasteiger partial charge on any atom is 0.255 e. The lowest BCUT2D eigenvalue weighted by Crippen LogP contribution is -2.30. The number of benzene rings is 3. The molecule has 0 saturated carbocycles. The van der Waals surface area contributed by atoms with E-state index in [4.69, 9.17) is 5.73 Å². The number of nitrogens with two attached hydrogens (primary N) is 1. The summed E-state index contributed by atoms with van der Waals surface area (Å²) in [6.07, 6.45) is 1.82. The molecule has 38 heavy (non-hydrogen) atoms. The van der Waals surface area contributed by atoms with Gasteiger partial charge in [0.15, 0.2) is 5.84 Å². The maximum absolute atomic E-state index is 13.0. The van der Waals surface area contributed by atoms with E-state index in [1.807, 2.05) is 62.4 Å². The molecule has 194 valence electrons. The summed E-state index contributed by atoms with van der Waals surface area (Å²) in [6, 6.07) is 19.8. The van der Waals surface area contributed by atoms with E-state index in [1.165, 1.54) is 0 Å². The van der Waals surface area contributed by atoms with Crippen LogP contribution in [0, 0.1) is 12.8 Å². The van der Waals surface area contributed by atoms with Gasteiger partial charge in [0.1, 0.15) is 0 Å². The Morgan fingerprint density at radius 3 is 2.16 bits per heavy atom. The predicted molar refractivity (Wildman–Crippen MR) is 152 cm³/mol. The number of Topliss-reactive ketones (excluding diaryl/α,β-unsaturated/α-hetero) is 1. The first-order valence-corrected chi connectivity index (χ1v) is 12.5. The molecule has 7 heteroatoms. The van der Waals surface area contributed by atoms with Gasteiger partial charge < -0.3 is 16.4 Å². The van der Waals surface area contributed by atoms with Gasteiger partial charge in [-0.05, 0) is 72.0 Å². The number of hydrogen-bond donors (Lipinski definition) is 3. The van der Waals surface area contributed by atoms with E-state index in [2.05, 4.69) is 36.4 Å². The summed E-state index contributed by atoms with van der Waals surface area (Å²) in [5.41, 5.74) is 11.0. The summed E-state index contributed by atoms with van der Waals surface area (Å²) in [5.74, 6) is -1.06. The Balaban J connectivity index is 1.58. The third kappa shape index (κ3) is 5.72. The van der Waals surface area contributed by atoms with Crippen LogP contribution in [0.1, 0.15) is 65.1 Å². The molecular formula is C31H32N4O3. The lowest BCUT2D eigenvalue weighted by Gasteiger charge is -2.20. The minimum absolute atomic E-state index is 0.00730. The van der Waals surface area contributed by atoms with E-state index in [1.54, 1.807) is 24.3 Å². The Bertz CT molecular complexity index is 1460. The lowest BCUT2D eigenvalue weighted by molar-refractivity contribution is -0.114. The van der Waals surface area contributed by atoms with Gasteiger partial charge in [0, 0.05) is 34.0 Å². The Morgan fingerprint density at radius 1 is 0.921 bits per heavy atom. The highest BCUT2D eigenvalue weighted by atomic mass is 16.2. The SMILES string of the molecule is Cc1c(NC(=O)c2ccc(C(C)(C)C)cc2)cccc1C1=CC(C)C(=O)C(Nc2ccc(C(N)=O)cc2)=N1. The molecule has 1 heterocycles. The number of rotatable bonds is 5. The number of allylic oxidation sites excluding steroid dienone is 1. The first-order chi connectivity index (χ1) is 17.9. The van der Waals surface area contributed by atoms with Crippen molar-refractivity contribution in [3.05, 3.63) is 101 Å². The fraction of sp³-hybridized carbons (Fsp3) is 0.226. The van der Waals surface area contributed by atoms with Gasteiger partial charge in [0.25, 0.3) is 5.91 Å². The van der Waals surface area contributed by atoms with Gasteiger partial charge in [-0.3, -0.25) is 14.4 Å². The Labute approximate surface area is 222 Å². The second-order valence-corrected chi connectivity index (χ2v) is 10.5. The summed E-state index contributed by atoms with van der Waals surface area (Å²) < 4.78 is 0. The number of nitrogens with one attached hydrogen (secondary N) is 2. The van der Waals surface area contributed by atoms with Crippen molar-refractivity contribution in [3.63, 3.8) is 0 Å². The molecule has 7 nitrogen and oxygen atoms in total. The lowest BCUT2D eigenvalue weighted by atomic mass is 9.86. The van der Waals surface area contributed by atoms with Gasteiger partial charge in [-0.1, -0.05) is 52.0 Å². The number of primary amides is 1. The number of anilines is 2. The minimum Gasteiger partial charge on any atom is -0.366 e. The fourth-order valence-corrected chi connectivity index (χ4v) is 4.20. The second-order valence-electron chi connectivity index (χ2n) is 10.5. The molecule has 3 aromatic carbocycles. The summed E-state index contributed by atoms with van der Waals surface area (Å²) >= 11 is 0. The molecule has 1 atom stereocenters. The van der Waals surface area contributed by atoms with Crippen LogP contribution in [-0.4, -0.2) is 23.4 Å². The van der Waals surface area contributed by atoms with Crippen LogP contribution in [-0.2, 0) is 10.2 Å². The Morgan fingerprint density at radius 2 is 1.55 bits per heavy atom. The maximum atomic E-state index is 13.0. The number of hydrogen-bond acceptors (Lipinski definition) is 5. The summed E-state index contributed by atoms with van der Waals surface area (Å²) in [6.45, 7) is 10.1. The van der Waals surface area contributed by atoms with Crippen molar-refractivity contribution in [2.45, 2.75) is 40.0 Å². The normalized spacial score (nSPS) is 15.4. The molecule has 0 aliphatic carbocycles. The third-order valence-electron chi connectivity index (χ3n) is 6.59. The zero-order chi connectivity index (χ0) is 27.6. The van der Waals surface area contributed by atoms with Crippen LogP contribution in [0.3, 0.4) is 0 Å². The zero-order valence-electron chi connectivity index (χ0n) is 22.3. The van der Waals surface area contributed by atoms with Crippen molar-refractivity contribution in [1.82, 2.24) is 0 Å². The molecule has 0 spiro atoms. The highest BCUT2D eigenvalue weighted by molar-refractivity contribution is 6.45. The van der Waals surface area contributed by atoms with Crippen LogP contribution in [0.2, 0.25) is 0 Å². The number of carbonyl (C=O) groups is 3. The second kappa shape index (κ2) is 10.5.